The van der Waals surface area contributed by atoms with Crippen molar-refractivity contribution in [2.24, 2.45) is 5.10 Å². The summed E-state index contributed by atoms with van der Waals surface area (Å²) < 4.78 is 1.04. The molecular formula is C16H16BrN3O. The summed E-state index contributed by atoms with van der Waals surface area (Å²) in [5.74, 6) is 0.302. The summed E-state index contributed by atoms with van der Waals surface area (Å²) in [6, 6.07) is 9.38. The van der Waals surface area contributed by atoms with Crippen LogP contribution in [0.15, 0.2) is 51.7 Å². The van der Waals surface area contributed by atoms with Crippen LogP contribution < -0.4 is 5.43 Å². The molecule has 1 aliphatic heterocycles. The van der Waals surface area contributed by atoms with Crippen LogP contribution >= 0.6 is 15.9 Å². The van der Waals surface area contributed by atoms with E-state index in [-0.39, 0.29) is 0 Å². The Balaban J connectivity index is 1.67. The number of aryl methyl sites for hydroxylation is 1. The third-order valence-electron chi connectivity index (χ3n) is 3.44. The number of aromatic amines is 1. The van der Waals surface area contributed by atoms with Gasteiger partial charge >= 0.3 is 0 Å². The number of benzene rings is 1. The van der Waals surface area contributed by atoms with Crippen LogP contribution in [0.3, 0.4) is 0 Å². The van der Waals surface area contributed by atoms with Gasteiger partial charge in [0.2, 0.25) is 0 Å². The van der Waals surface area contributed by atoms with Gasteiger partial charge in [-0.25, -0.2) is 0 Å². The average molecular weight is 346 g/mol. The van der Waals surface area contributed by atoms with Gasteiger partial charge in [-0.05, 0) is 64.2 Å². The molecule has 1 aliphatic rings. The van der Waals surface area contributed by atoms with E-state index in [1.165, 1.54) is 11.1 Å². The summed E-state index contributed by atoms with van der Waals surface area (Å²) in [5, 5.41) is 13.7. The minimum Gasteiger partial charge on any atom is -0.508 e. The van der Waals surface area contributed by atoms with Gasteiger partial charge in [0.25, 0.3) is 0 Å². The molecule has 2 aromatic rings. The summed E-state index contributed by atoms with van der Waals surface area (Å²) >= 11 is 3.44. The van der Waals surface area contributed by atoms with Crippen LogP contribution in [0.2, 0.25) is 0 Å². The number of halogens is 1. The van der Waals surface area contributed by atoms with Crippen molar-refractivity contribution in [3.8, 4) is 5.75 Å². The Hall–Kier alpha value is -2.01. The summed E-state index contributed by atoms with van der Waals surface area (Å²) in [4.78, 5) is 3.20. The minimum atomic E-state index is 0.302. The van der Waals surface area contributed by atoms with Crippen molar-refractivity contribution in [1.82, 2.24) is 10.4 Å². The van der Waals surface area contributed by atoms with E-state index in [9.17, 15) is 5.11 Å². The van der Waals surface area contributed by atoms with E-state index in [4.69, 9.17) is 0 Å². The predicted molar refractivity (Wildman–Crippen MR) is 88.3 cm³/mol. The van der Waals surface area contributed by atoms with Crippen LogP contribution in [-0.4, -0.2) is 22.3 Å². The molecule has 0 saturated carbocycles. The second-order valence-corrected chi connectivity index (χ2v) is 5.92. The van der Waals surface area contributed by atoms with Gasteiger partial charge in [-0.3, -0.25) is 0 Å². The third kappa shape index (κ3) is 3.55. The van der Waals surface area contributed by atoms with Gasteiger partial charge in [0.1, 0.15) is 5.75 Å². The first kappa shape index (κ1) is 13.9. The third-order valence-corrected chi connectivity index (χ3v) is 3.90. The fraction of sp³-hybridized carbons (Fsp3) is 0.188. The minimum absolute atomic E-state index is 0.302. The van der Waals surface area contributed by atoms with E-state index in [2.05, 4.69) is 37.5 Å². The lowest BCUT2D eigenvalue weighted by Gasteiger charge is -2.03. The van der Waals surface area contributed by atoms with Gasteiger partial charge in [0, 0.05) is 16.4 Å². The molecule has 108 valence electrons. The number of nitrogens with one attached hydrogen (secondary N) is 2. The Morgan fingerprint density at radius 1 is 1.24 bits per heavy atom. The molecule has 1 aromatic heterocycles. The molecule has 0 atom stereocenters. The van der Waals surface area contributed by atoms with E-state index in [1.807, 2.05) is 24.4 Å². The molecule has 0 amide bonds. The lowest BCUT2D eigenvalue weighted by atomic mass is 10.0. The highest BCUT2D eigenvalue weighted by molar-refractivity contribution is 9.10. The maximum atomic E-state index is 9.29. The molecule has 0 saturated heterocycles. The summed E-state index contributed by atoms with van der Waals surface area (Å²) in [6.07, 6.45) is 5.83. The van der Waals surface area contributed by atoms with Gasteiger partial charge in [-0.15, -0.1) is 0 Å². The van der Waals surface area contributed by atoms with Crippen LogP contribution in [0.25, 0.3) is 6.08 Å². The van der Waals surface area contributed by atoms with Gasteiger partial charge in [0.15, 0.2) is 0 Å². The maximum Gasteiger partial charge on any atom is 0.115 e. The second-order valence-electron chi connectivity index (χ2n) is 5.00. The Morgan fingerprint density at radius 2 is 2.05 bits per heavy atom. The Labute approximate surface area is 131 Å². The molecule has 0 bridgehead atoms. The zero-order chi connectivity index (χ0) is 14.7. The lowest BCUT2D eigenvalue weighted by Crippen LogP contribution is -2.04. The van der Waals surface area contributed by atoms with Crippen LogP contribution in [0, 0.1) is 0 Å². The molecule has 0 unspecified atom stereocenters. The van der Waals surface area contributed by atoms with Crippen molar-refractivity contribution in [2.45, 2.75) is 12.8 Å². The maximum absolute atomic E-state index is 9.29. The Bertz CT molecular complexity index is 686. The number of hydrazone groups is 1. The standard InChI is InChI=1S/C16H16BrN3O/c17-13-8-14(18-10-13)7-12-9-19-20-16(12)6-3-11-1-4-15(21)5-2-11/h1-2,4-5,7-8,10,18-19,21H,3,6,9H2. The molecular weight excluding hydrogens is 330 g/mol. The van der Waals surface area contributed by atoms with Gasteiger partial charge in [0.05, 0.1) is 12.3 Å². The molecule has 2 heterocycles. The number of phenols is 1. The molecule has 1 aromatic carbocycles. The number of aromatic nitrogens is 1. The normalized spacial score (nSPS) is 16.0. The SMILES string of the molecule is Oc1ccc(CCC2=NNCC2=Cc2cc(Br)c[nH]2)cc1. The number of H-pyrrole nitrogens is 1. The molecule has 4 nitrogen and oxygen atoms in total. The number of rotatable bonds is 4. The monoisotopic (exact) mass is 345 g/mol. The van der Waals surface area contributed by atoms with E-state index in [0.29, 0.717) is 5.75 Å². The first-order chi connectivity index (χ1) is 10.2. The van der Waals surface area contributed by atoms with Gasteiger partial charge in [-0.1, -0.05) is 12.1 Å². The Morgan fingerprint density at radius 3 is 2.76 bits per heavy atom. The fourth-order valence-electron chi connectivity index (χ4n) is 2.33. The second kappa shape index (κ2) is 6.18. The van der Waals surface area contributed by atoms with Crippen LogP contribution in [0.4, 0.5) is 0 Å². The summed E-state index contributed by atoms with van der Waals surface area (Å²) in [5.41, 5.74) is 7.62. The number of phenolic OH excluding ortho intramolecular Hbond substituents is 1. The van der Waals surface area contributed by atoms with Crippen LogP contribution in [0.1, 0.15) is 17.7 Å². The van der Waals surface area contributed by atoms with Crippen molar-refractivity contribution in [3.63, 3.8) is 0 Å². The zero-order valence-corrected chi connectivity index (χ0v) is 13.0. The number of aromatic hydroxyl groups is 1. The van der Waals surface area contributed by atoms with Crippen molar-refractivity contribution in [3.05, 3.63) is 57.8 Å². The first-order valence-corrected chi connectivity index (χ1v) is 7.62. The molecule has 0 spiro atoms. The molecule has 3 rings (SSSR count). The lowest BCUT2D eigenvalue weighted by molar-refractivity contribution is 0.475. The molecule has 21 heavy (non-hydrogen) atoms. The van der Waals surface area contributed by atoms with Crippen molar-refractivity contribution in [2.75, 3.05) is 6.54 Å². The highest BCUT2D eigenvalue weighted by Gasteiger charge is 2.13. The molecule has 0 fully saturated rings. The number of hydrogen-bond donors (Lipinski definition) is 3. The fourth-order valence-corrected chi connectivity index (χ4v) is 2.69. The van der Waals surface area contributed by atoms with E-state index in [0.717, 1.165) is 35.3 Å². The zero-order valence-electron chi connectivity index (χ0n) is 11.4. The average Bonchev–Trinajstić information content (AvgIpc) is 3.08. The smallest absolute Gasteiger partial charge is 0.115 e. The van der Waals surface area contributed by atoms with E-state index >= 15 is 0 Å². The van der Waals surface area contributed by atoms with Crippen LogP contribution in [0.5, 0.6) is 5.75 Å². The largest absolute Gasteiger partial charge is 0.508 e. The first-order valence-electron chi connectivity index (χ1n) is 6.83. The highest BCUT2D eigenvalue weighted by atomic mass is 79.9. The van der Waals surface area contributed by atoms with Crippen molar-refractivity contribution in [1.29, 1.82) is 0 Å². The summed E-state index contributed by atoms with van der Waals surface area (Å²) in [6.45, 7) is 0.765. The van der Waals surface area contributed by atoms with Crippen molar-refractivity contribution >= 4 is 27.7 Å². The van der Waals surface area contributed by atoms with E-state index < -0.39 is 0 Å². The van der Waals surface area contributed by atoms with Gasteiger partial charge in [-0.2, -0.15) is 5.10 Å². The molecule has 3 N–H and O–H groups in total. The van der Waals surface area contributed by atoms with E-state index in [1.54, 1.807) is 12.1 Å². The topological polar surface area (TPSA) is 60.4 Å². The van der Waals surface area contributed by atoms with Gasteiger partial charge < -0.3 is 15.5 Å². The summed E-state index contributed by atoms with van der Waals surface area (Å²) in [7, 11) is 0. The number of hydrogen-bond acceptors (Lipinski definition) is 3. The highest BCUT2D eigenvalue weighted by Crippen LogP contribution is 2.18. The molecule has 0 aliphatic carbocycles. The van der Waals surface area contributed by atoms with Crippen LogP contribution in [-0.2, 0) is 6.42 Å². The molecule has 5 heteroatoms. The number of nitrogens with zero attached hydrogens (tertiary/aromatic N) is 1. The quantitative estimate of drug-likeness (QED) is 0.794. The molecule has 0 radical (unpaired) electrons. The van der Waals surface area contributed by atoms with Crippen molar-refractivity contribution < 1.29 is 5.11 Å². The Kier molecular flexibility index (Phi) is 4.10. The predicted octanol–water partition coefficient (Wildman–Crippen LogP) is 3.46.